The van der Waals surface area contributed by atoms with Crippen LogP contribution in [0.2, 0.25) is 0 Å². The molecule has 1 aromatic rings. The molecule has 0 radical (unpaired) electrons. The van der Waals surface area contributed by atoms with Crippen molar-refractivity contribution in [2.45, 2.75) is 46.1 Å². The Balaban J connectivity index is 1.92. The van der Waals surface area contributed by atoms with E-state index >= 15 is 0 Å². The van der Waals surface area contributed by atoms with E-state index in [-0.39, 0.29) is 5.91 Å². The predicted molar refractivity (Wildman–Crippen MR) is 78.6 cm³/mol. The molecule has 0 aromatic heterocycles. The number of benzene rings is 1. The van der Waals surface area contributed by atoms with Crippen molar-refractivity contribution in [1.29, 1.82) is 0 Å². The van der Waals surface area contributed by atoms with Gasteiger partial charge in [-0.1, -0.05) is 17.7 Å². The highest BCUT2D eigenvalue weighted by molar-refractivity contribution is 5.97. The van der Waals surface area contributed by atoms with Crippen LogP contribution < -0.4 is 10.6 Å². The van der Waals surface area contributed by atoms with E-state index in [1.807, 2.05) is 13.8 Å². The maximum absolute atomic E-state index is 12.2. The van der Waals surface area contributed by atoms with Gasteiger partial charge in [0.25, 0.3) is 5.91 Å². The molecule has 104 valence electrons. The lowest BCUT2D eigenvalue weighted by Gasteiger charge is -2.13. The van der Waals surface area contributed by atoms with Gasteiger partial charge in [0.15, 0.2) is 0 Å². The van der Waals surface area contributed by atoms with Crippen molar-refractivity contribution in [2.24, 2.45) is 0 Å². The van der Waals surface area contributed by atoms with Gasteiger partial charge in [-0.15, -0.1) is 0 Å². The number of rotatable bonds is 4. The number of amides is 1. The summed E-state index contributed by atoms with van der Waals surface area (Å²) in [5.74, 6) is 0.0630. The zero-order valence-electron chi connectivity index (χ0n) is 12.2. The fourth-order valence-corrected chi connectivity index (χ4v) is 2.99. The monoisotopic (exact) mass is 260 g/mol. The largest absolute Gasteiger partial charge is 0.352 e. The molecule has 0 spiro atoms. The van der Waals surface area contributed by atoms with E-state index in [1.165, 1.54) is 18.4 Å². The quantitative estimate of drug-likeness (QED) is 0.873. The van der Waals surface area contributed by atoms with Gasteiger partial charge in [0.05, 0.1) is 0 Å². The summed E-state index contributed by atoms with van der Waals surface area (Å²) in [5, 5.41) is 6.50. The van der Waals surface area contributed by atoms with Crippen molar-refractivity contribution in [3.8, 4) is 0 Å². The SMILES string of the molecule is Cc1cc(C)c(C(=O)NCCC2CCCN2)c(C)c1. The zero-order valence-corrected chi connectivity index (χ0v) is 12.2. The van der Waals surface area contributed by atoms with Gasteiger partial charge in [-0.25, -0.2) is 0 Å². The van der Waals surface area contributed by atoms with E-state index in [0.29, 0.717) is 6.04 Å². The molecule has 0 saturated carbocycles. The van der Waals surface area contributed by atoms with Gasteiger partial charge >= 0.3 is 0 Å². The summed E-state index contributed by atoms with van der Waals surface area (Å²) in [4.78, 5) is 12.2. The average molecular weight is 260 g/mol. The zero-order chi connectivity index (χ0) is 13.8. The van der Waals surface area contributed by atoms with E-state index in [2.05, 4.69) is 29.7 Å². The van der Waals surface area contributed by atoms with E-state index in [1.54, 1.807) is 0 Å². The third-order valence-electron chi connectivity index (χ3n) is 3.84. The Morgan fingerprint density at radius 1 is 1.32 bits per heavy atom. The second kappa shape index (κ2) is 6.20. The maximum atomic E-state index is 12.2. The minimum absolute atomic E-state index is 0.0630. The molecule has 1 saturated heterocycles. The van der Waals surface area contributed by atoms with Crippen LogP contribution >= 0.6 is 0 Å². The van der Waals surface area contributed by atoms with Crippen LogP contribution in [0, 0.1) is 20.8 Å². The van der Waals surface area contributed by atoms with Crippen LogP contribution in [0.1, 0.15) is 46.3 Å². The lowest BCUT2D eigenvalue weighted by molar-refractivity contribution is 0.0951. The predicted octanol–water partition coefficient (Wildman–Crippen LogP) is 2.48. The summed E-state index contributed by atoms with van der Waals surface area (Å²) in [6.07, 6.45) is 3.52. The number of carbonyl (C=O) groups excluding carboxylic acids is 1. The minimum atomic E-state index is 0.0630. The topological polar surface area (TPSA) is 41.1 Å². The minimum Gasteiger partial charge on any atom is -0.352 e. The first-order chi connectivity index (χ1) is 9.08. The van der Waals surface area contributed by atoms with Gasteiger partial charge in [-0.2, -0.15) is 0 Å². The van der Waals surface area contributed by atoms with Gasteiger partial charge in [-0.05, 0) is 57.7 Å². The van der Waals surface area contributed by atoms with Crippen molar-refractivity contribution >= 4 is 5.91 Å². The normalized spacial score (nSPS) is 18.6. The third kappa shape index (κ3) is 3.57. The van der Waals surface area contributed by atoms with Crippen molar-refractivity contribution in [3.63, 3.8) is 0 Å². The van der Waals surface area contributed by atoms with Crippen molar-refractivity contribution in [3.05, 3.63) is 34.4 Å². The highest BCUT2D eigenvalue weighted by Gasteiger charge is 2.15. The van der Waals surface area contributed by atoms with Gasteiger partial charge in [0.2, 0.25) is 0 Å². The number of aryl methyl sites for hydroxylation is 3. The van der Waals surface area contributed by atoms with E-state index in [9.17, 15) is 4.79 Å². The Morgan fingerprint density at radius 3 is 2.58 bits per heavy atom. The van der Waals surface area contributed by atoms with Crippen LogP contribution in [0.3, 0.4) is 0 Å². The summed E-state index contributed by atoms with van der Waals surface area (Å²) in [5.41, 5.74) is 4.18. The highest BCUT2D eigenvalue weighted by atomic mass is 16.1. The van der Waals surface area contributed by atoms with Gasteiger partial charge < -0.3 is 10.6 Å². The lowest BCUT2D eigenvalue weighted by atomic mass is 9.99. The Bertz CT molecular complexity index is 439. The first-order valence-electron chi connectivity index (χ1n) is 7.17. The molecule has 19 heavy (non-hydrogen) atoms. The van der Waals surface area contributed by atoms with Crippen LogP contribution in [0.25, 0.3) is 0 Å². The number of carbonyl (C=O) groups is 1. The van der Waals surface area contributed by atoms with Crippen molar-refractivity contribution in [2.75, 3.05) is 13.1 Å². The Labute approximate surface area is 115 Å². The Hall–Kier alpha value is -1.35. The third-order valence-corrected chi connectivity index (χ3v) is 3.84. The molecule has 1 amide bonds. The fraction of sp³-hybridized carbons (Fsp3) is 0.562. The molecule has 2 rings (SSSR count). The summed E-state index contributed by atoms with van der Waals surface area (Å²) >= 11 is 0. The second-order valence-corrected chi connectivity index (χ2v) is 5.61. The molecule has 3 nitrogen and oxygen atoms in total. The lowest BCUT2D eigenvalue weighted by Crippen LogP contribution is -2.31. The van der Waals surface area contributed by atoms with E-state index < -0.39 is 0 Å². The molecule has 0 aliphatic carbocycles. The van der Waals surface area contributed by atoms with Crippen molar-refractivity contribution in [1.82, 2.24) is 10.6 Å². The van der Waals surface area contributed by atoms with Crippen LogP contribution in [0.4, 0.5) is 0 Å². The van der Waals surface area contributed by atoms with Gasteiger partial charge in [-0.3, -0.25) is 4.79 Å². The molecule has 1 heterocycles. The molecule has 1 aromatic carbocycles. The fourth-order valence-electron chi connectivity index (χ4n) is 2.99. The van der Waals surface area contributed by atoms with Crippen LogP contribution in [-0.2, 0) is 0 Å². The molecule has 1 aliphatic rings. The molecular weight excluding hydrogens is 236 g/mol. The van der Waals surface area contributed by atoms with Gasteiger partial charge in [0.1, 0.15) is 0 Å². The molecule has 1 atom stereocenters. The van der Waals surface area contributed by atoms with E-state index in [0.717, 1.165) is 36.2 Å². The number of hydrogen-bond acceptors (Lipinski definition) is 2. The molecular formula is C16H24N2O. The van der Waals surface area contributed by atoms with Crippen LogP contribution in [-0.4, -0.2) is 25.0 Å². The standard InChI is InChI=1S/C16H24N2O/c1-11-9-12(2)15(13(3)10-11)16(19)18-8-6-14-5-4-7-17-14/h9-10,14,17H,4-8H2,1-3H3,(H,18,19). The van der Waals surface area contributed by atoms with E-state index in [4.69, 9.17) is 0 Å². The highest BCUT2D eigenvalue weighted by Crippen LogP contribution is 2.16. The summed E-state index contributed by atoms with van der Waals surface area (Å²) in [7, 11) is 0. The second-order valence-electron chi connectivity index (χ2n) is 5.61. The first kappa shape index (κ1) is 14.1. The molecule has 1 aliphatic heterocycles. The summed E-state index contributed by atoms with van der Waals surface area (Å²) < 4.78 is 0. The molecule has 3 heteroatoms. The molecule has 2 N–H and O–H groups in total. The molecule has 1 fully saturated rings. The summed E-state index contributed by atoms with van der Waals surface area (Å²) in [6, 6.07) is 4.72. The first-order valence-corrected chi connectivity index (χ1v) is 7.17. The summed E-state index contributed by atoms with van der Waals surface area (Å²) in [6.45, 7) is 7.95. The van der Waals surface area contributed by atoms with Crippen LogP contribution in [0.15, 0.2) is 12.1 Å². The smallest absolute Gasteiger partial charge is 0.251 e. The molecule has 1 unspecified atom stereocenters. The number of hydrogen-bond donors (Lipinski definition) is 2. The maximum Gasteiger partial charge on any atom is 0.251 e. The average Bonchev–Trinajstić information content (AvgIpc) is 2.80. The van der Waals surface area contributed by atoms with Crippen molar-refractivity contribution < 1.29 is 4.79 Å². The number of nitrogens with one attached hydrogen (secondary N) is 2. The van der Waals surface area contributed by atoms with Gasteiger partial charge in [0, 0.05) is 18.2 Å². The van der Waals surface area contributed by atoms with Crippen LogP contribution in [0.5, 0.6) is 0 Å². The Kier molecular flexibility index (Phi) is 4.59. The molecule has 0 bridgehead atoms. The Morgan fingerprint density at radius 2 is 2.00 bits per heavy atom.